The Labute approximate surface area is 192 Å². The number of rotatable bonds is 4. The van der Waals surface area contributed by atoms with Crippen molar-refractivity contribution in [1.82, 2.24) is 14.5 Å². The summed E-state index contributed by atoms with van der Waals surface area (Å²) in [6, 6.07) is 13.6. The second-order valence-corrected chi connectivity index (χ2v) is 8.07. The number of halogens is 3. The van der Waals surface area contributed by atoms with Crippen molar-refractivity contribution in [1.29, 1.82) is 0 Å². The Hall–Kier alpha value is -4.14. The average molecular weight is 464 g/mol. The van der Waals surface area contributed by atoms with Gasteiger partial charge >= 0.3 is 0 Å². The standard InChI is InChI=1S/C25H19F3N4O2/c26-22-4-3-19(13-21(22)23(27)28)30-24(33)16-2-1-15-6-9-31(14-18(15)11-16)25(34)17-7-10-32-20(12-17)5-8-29-32/h1-5,7-8,10-13,23H,6,9,14H2,(H,30,33). The molecule has 0 atom stereocenters. The lowest BCUT2D eigenvalue weighted by molar-refractivity contribution is 0.0734. The van der Waals surface area contributed by atoms with Crippen molar-refractivity contribution in [2.75, 3.05) is 11.9 Å². The molecule has 6 nitrogen and oxygen atoms in total. The summed E-state index contributed by atoms with van der Waals surface area (Å²) < 4.78 is 41.1. The topological polar surface area (TPSA) is 66.7 Å². The molecule has 0 spiro atoms. The fourth-order valence-corrected chi connectivity index (χ4v) is 4.10. The molecule has 172 valence electrons. The number of aromatic nitrogens is 2. The number of hydrogen-bond donors (Lipinski definition) is 1. The normalized spacial score (nSPS) is 13.2. The molecule has 0 aliphatic carbocycles. The molecular weight excluding hydrogens is 445 g/mol. The third-order valence-electron chi connectivity index (χ3n) is 5.90. The summed E-state index contributed by atoms with van der Waals surface area (Å²) in [7, 11) is 0. The summed E-state index contributed by atoms with van der Waals surface area (Å²) in [5, 5.41) is 6.67. The number of carbonyl (C=O) groups excluding carboxylic acids is 2. The number of nitrogens with zero attached hydrogens (tertiary/aromatic N) is 3. The number of nitrogens with one attached hydrogen (secondary N) is 1. The van der Waals surface area contributed by atoms with Crippen LogP contribution >= 0.6 is 0 Å². The molecule has 1 N–H and O–H groups in total. The summed E-state index contributed by atoms with van der Waals surface area (Å²) in [6.45, 7) is 0.889. The highest BCUT2D eigenvalue weighted by Crippen LogP contribution is 2.26. The molecule has 0 fully saturated rings. The van der Waals surface area contributed by atoms with E-state index < -0.39 is 23.7 Å². The van der Waals surface area contributed by atoms with Crippen LogP contribution in [0.2, 0.25) is 0 Å². The van der Waals surface area contributed by atoms with Gasteiger partial charge in [0.1, 0.15) is 5.82 Å². The summed E-state index contributed by atoms with van der Waals surface area (Å²) >= 11 is 0. The Morgan fingerprint density at radius 2 is 1.82 bits per heavy atom. The van der Waals surface area contributed by atoms with Crippen molar-refractivity contribution in [3.8, 4) is 0 Å². The molecule has 0 radical (unpaired) electrons. The van der Waals surface area contributed by atoms with Crippen molar-refractivity contribution in [3.63, 3.8) is 0 Å². The van der Waals surface area contributed by atoms with E-state index in [9.17, 15) is 22.8 Å². The molecule has 2 aromatic heterocycles. The van der Waals surface area contributed by atoms with E-state index in [0.717, 1.165) is 28.8 Å². The van der Waals surface area contributed by atoms with Gasteiger partial charge in [0.15, 0.2) is 0 Å². The number of alkyl halides is 2. The number of carbonyl (C=O) groups is 2. The Morgan fingerprint density at radius 3 is 2.65 bits per heavy atom. The monoisotopic (exact) mass is 464 g/mol. The number of anilines is 1. The van der Waals surface area contributed by atoms with Gasteiger partial charge < -0.3 is 10.2 Å². The molecule has 5 rings (SSSR count). The summed E-state index contributed by atoms with van der Waals surface area (Å²) in [5.41, 5.74) is 2.86. The molecule has 4 aromatic rings. The lowest BCUT2D eigenvalue weighted by Crippen LogP contribution is -2.36. The molecule has 2 aromatic carbocycles. The number of benzene rings is 2. The van der Waals surface area contributed by atoms with E-state index in [-0.39, 0.29) is 11.6 Å². The van der Waals surface area contributed by atoms with E-state index >= 15 is 0 Å². The SMILES string of the molecule is O=C(Nc1ccc(F)c(C(F)F)c1)c1ccc2c(c1)CN(C(=O)c1ccn3nccc3c1)CC2. The third kappa shape index (κ3) is 4.12. The van der Waals surface area contributed by atoms with E-state index in [1.807, 2.05) is 12.1 Å². The van der Waals surface area contributed by atoms with Gasteiger partial charge in [0.2, 0.25) is 0 Å². The predicted molar refractivity (Wildman–Crippen MR) is 119 cm³/mol. The van der Waals surface area contributed by atoms with Gasteiger partial charge in [-0.05, 0) is 66.1 Å². The number of hydrogen-bond acceptors (Lipinski definition) is 3. The van der Waals surface area contributed by atoms with Crippen LogP contribution in [0.5, 0.6) is 0 Å². The van der Waals surface area contributed by atoms with Crippen LogP contribution in [-0.4, -0.2) is 32.9 Å². The van der Waals surface area contributed by atoms with Crippen LogP contribution in [-0.2, 0) is 13.0 Å². The highest BCUT2D eigenvalue weighted by molar-refractivity contribution is 6.04. The van der Waals surface area contributed by atoms with Crippen molar-refractivity contribution >= 4 is 23.0 Å². The number of amides is 2. The first-order valence-corrected chi connectivity index (χ1v) is 10.6. The zero-order valence-corrected chi connectivity index (χ0v) is 17.8. The van der Waals surface area contributed by atoms with Gasteiger partial charge in [-0.15, -0.1) is 0 Å². The van der Waals surface area contributed by atoms with Crippen LogP contribution in [0.15, 0.2) is 67.0 Å². The maximum absolute atomic E-state index is 13.5. The number of fused-ring (bicyclic) bond motifs is 2. The van der Waals surface area contributed by atoms with Crippen LogP contribution in [0.1, 0.15) is 43.8 Å². The Morgan fingerprint density at radius 1 is 0.971 bits per heavy atom. The highest BCUT2D eigenvalue weighted by Gasteiger charge is 2.23. The maximum Gasteiger partial charge on any atom is 0.266 e. The molecule has 34 heavy (non-hydrogen) atoms. The average Bonchev–Trinajstić information content (AvgIpc) is 3.32. The van der Waals surface area contributed by atoms with E-state index in [2.05, 4.69) is 10.4 Å². The molecular formula is C25H19F3N4O2. The van der Waals surface area contributed by atoms with Gasteiger partial charge in [0, 0.05) is 42.3 Å². The quantitative estimate of drug-likeness (QED) is 0.469. The van der Waals surface area contributed by atoms with Crippen molar-refractivity contribution < 1.29 is 22.8 Å². The summed E-state index contributed by atoms with van der Waals surface area (Å²) in [5.74, 6) is -1.65. The fraction of sp³-hybridized carbons (Fsp3) is 0.160. The first-order valence-electron chi connectivity index (χ1n) is 10.6. The molecule has 0 bridgehead atoms. The van der Waals surface area contributed by atoms with Crippen molar-refractivity contribution in [2.24, 2.45) is 0 Å². The molecule has 1 aliphatic heterocycles. The third-order valence-corrected chi connectivity index (χ3v) is 5.90. The number of pyridine rings is 1. The van der Waals surface area contributed by atoms with Gasteiger partial charge in [-0.25, -0.2) is 17.7 Å². The van der Waals surface area contributed by atoms with Crippen LogP contribution < -0.4 is 5.32 Å². The molecule has 0 saturated carbocycles. The zero-order valence-electron chi connectivity index (χ0n) is 17.8. The second-order valence-electron chi connectivity index (χ2n) is 8.07. The van der Waals surface area contributed by atoms with Crippen molar-refractivity contribution in [2.45, 2.75) is 19.4 Å². The fourth-order valence-electron chi connectivity index (χ4n) is 4.10. The Kier molecular flexibility index (Phi) is 5.53. The molecule has 9 heteroatoms. The van der Waals surface area contributed by atoms with Gasteiger partial charge in [-0.2, -0.15) is 5.10 Å². The van der Waals surface area contributed by atoms with Crippen LogP contribution in [0.3, 0.4) is 0 Å². The lowest BCUT2D eigenvalue weighted by atomic mass is 9.96. The minimum atomic E-state index is -2.99. The Bertz CT molecular complexity index is 1420. The highest BCUT2D eigenvalue weighted by atomic mass is 19.3. The molecule has 2 amide bonds. The van der Waals surface area contributed by atoms with Gasteiger partial charge in [-0.1, -0.05) is 6.07 Å². The van der Waals surface area contributed by atoms with Crippen LogP contribution in [0.25, 0.3) is 5.52 Å². The maximum atomic E-state index is 13.5. The summed E-state index contributed by atoms with van der Waals surface area (Å²) in [6.07, 6.45) is 1.05. The van der Waals surface area contributed by atoms with E-state index in [0.29, 0.717) is 30.6 Å². The van der Waals surface area contributed by atoms with Crippen LogP contribution in [0, 0.1) is 5.82 Å². The lowest BCUT2D eigenvalue weighted by Gasteiger charge is -2.29. The van der Waals surface area contributed by atoms with E-state index in [4.69, 9.17) is 0 Å². The van der Waals surface area contributed by atoms with E-state index in [1.54, 1.807) is 46.1 Å². The van der Waals surface area contributed by atoms with Crippen LogP contribution in [0.4, 0.5) is 18.9 Å². The molecule has 0 saturated heterocycles. The predicted octanol–water partition coefficient (Wildman–Crippen LogP) is 4.86. The molecule has 3 heterocycles. The summed E-state index contributed by atoms with van der Waals surface area (Å²) in [4.78, 5) is 27.5. The Balaban J connectivity index is 1.33. The minimum Gasteiger partial charge on any atom is -0.334 e. The smallest absolute Gasteiger partial charge is 0.266 e. The van der Waals surface area contributed by atoms with Gasteiger partial charge in [0.25, 0.3) is 18.2 Å². The van der Waals surface area contributed by atoms with Crippen molar-refractivity contribution in [3.05, 3.63) is 101 Å². The zero-order chi connectivity index (χ0) is 23.8. The largest absolute Gasteiger partial charge is 0.334 e. The van der Waals surface area contributed by atoms with Gasteiger partial charge in [-0.3, -0.25) is 9.59 Å². The van der Waals surface area contributed by atoms with Gasteiger partial charge in [0.05, 0.1) is 11.1 Å². The molecule has 1 aliphatic rings. The second kappa shape index (κ2) is 8.66. The first kappa shape index (κ1) is 21.7. The van der Waals surface area contributed by atoms with E-state index in [1.165, 1.54) is 6.07 Å². The minimum absolute atomic E-state index is 0.0755. The molecule has 0 unspecified atom stereocenters. The first-order chi connectivity index (χ1) is 16.4.